The lowest BCUT2D eigenvalue weighted by atomic mass is 9.88. The number of ketones is 1. The summed E-state index contributed by atoms with van der Waals surface area (Å²) in [5.41, 5.74) is 4.61. The van der Waals surface area contributed by atoms with Crippen molar-refractivity contribution >= 4 is 11.5 Å². The van der Waals surface area contributed by atoms with Crippen LogP contribution in [0.25, 0.3) is 0 Å². The van der Waals surface area contributed by atoms with Gasteiger partial charge in [-0.05, 0) is 29.7 Å². The summed E-state index contributed by atoms with van der Waals surface area (Å²) in [5, 5.41) is 0. The van der Waals surface area contributed by atoms with Crippen LogP contribution in [-0.4, -0.2) is 12.3 Å². The molecule has 1 atom stereocenters. The summed E-state index contributed by atoms with van der Waals surface area (Å²) in [6.45, 7) is 0.938. The quantitative estimate of drug-likeness (QED) is 0.624. The van der Waals surface area contributed by atoms with Gasteiger partial charge >= 0.3 is 0 Å². The number of para-hydroxylation sites is 1. The third kappa shape index (κ3) is 3.20. The second-order valence-electron chi connectivity index (χ2n) is 6.49. The van der Waals surface area contributed by atoms with Crippen molar-refractivity contribution in [1.82, 2.24) is 0 Å². The van der Waals surface area contributed by atoms with Crippen LogP contribution >= 0.6 is 0 Å². The third-order valence-corrected chi connectivity index (χ3v) is 4.97. The highest BCUT2D eigenvalue weighted by atomic mass is 16.1. The fourth-order valence-corrected chi connectivity index (χ4v) is 3.72. The van der Waals surface area contributed by atoms with E-state index >= 15 is 0 Å². The van der Waals surface area contributed by atoms with E-state index in [-0.39, 0.29) is 11.8 Å². The first-order chi connectivity index (χ1) is 12.3. The number of nitrogens with zero attached hydrogens (tertiary/aromatic N) is 1. The Hall–Kier alpha value is -2.87. The molecule has 0 N–H and O–H groups in total. The monoisotopic (exact) mass is 327 g/mol. The zero-order chi connectivity index (χ0) is 17.1. The highest BCUT2D eigenvalue weighted by Crippen LogP contribution is 2.36. The molecule has 0 spiro atoms. The largest absolute Gasteiger partial charge is 0.364 e. The van der Waals surface area contributed by atoms with Gasteiger partial charge in [0, 0.05) is 24.2 Å². The molecule has 0 saturated heterocycles. The summed E-state index contributed by atoms with van der Waals surface area (Å²) < 4.78 is 0. The first-order valence-electron chi connectivity index (χ1n) is 8.80. The van der Waals surface area contributed by atoms with Crippen LogP contribution in [0.2, 0.25) is 0 Å². The molecule has 0 saturated carbocycles. The second kappa shape index (κ2) is 6.94. The fraction of sp³-hybridized carbons (Fsp3) is 0.174. The van der Waals surface area contributed by atoms with Crippen LogP contribution < -0.4 is 4.90 Å². The molecule has 25 heavy (non-hydrogen) atoms. The molecule has 2 nitrogen and oxygen atoms in total. The molecular formula is C23H21NO. The Morgan fingerprint density at radius 2 is 1.48 bits per heavy atom. The smallest absolute Gasteiger partial charge is 0.165 e. The molecule has 1 aliphatic heterocycles. The predicted molar refractivity (Wildman–Crippen MR) is 102 cm³/mol. The standard InChI is InChI=1S/C23H21NO/c25-23(19-10-3-1-4-11-19)17-22-21-14-8-7-9-18(21)15-16-24(22)20-12-5-2-6-13-20/h1-14,22H,15-17H2. The molecule has 4 rings (SSSR count). The van der Waals surface area contributed by atoms with Crippen molar-refractivity contribution in [2.45, 2.75) is 18.9 Å². The van der Waals surface area contributed by atoms with Crippen molar-refractivity contribution in [2.24, 2.45) is 0 Å². The van der Waals surface area contributed by atoms with Crippen LogP contribution in [0, 0.1) is 0 Å². The maximum Gasteiger partial charge on any atom is 0.165 e. The van der Waals surface area contributed by atoms with Gasteiger partial charge in [-0.3, -0.25) is 4.79 Å². The average molecular weight is 327 g/mol. The lowest BCUT2D eigenvalue weighted by Crippen LogP contribution is -2.36. The highest BCUT2D eigenvalue weighted by Gasteiger charge is 2.29. The van der Waals surface area contributed by atoms with Gasteiger partial charge in [-0.15, -0.1) is 0 Å². The van der Waals surface area contributed by atoms with Crippen molar-refractivity contribution in [3.63, 3.8) is 0 Å². The Bertz CT molecular complexity index is 858. The number of hydrogen-bond donors (Lipinski definition) is 0. The number of carbonyl (C=O) groups excluding carboxylic acids is 1. The van der Waals surface area contributed by atoms with Crippen molar-refractivity contribution in [1.29, 1.82) is 0 Å². The van der Waals surface area contributed by atoms with E-state index in [1.54, 1.807) is 0 Å². The summed E-state index contributed by atoms with van der Waals surface area (Å²) in [4.78, 5) is 15.3. The average Bonchev–Trinajstić information content (AvgIpc) is 2.69. The van der Waals surface area contributed by atoms with Crippen LogP contribution in [0.5, 0.6) is 0 Å². The van der Waals surface area contributed by atoms with Gasteiger partial charge in [-0.2, -0.15) is 0 Å². The number of hydrogen-bond acceptors (Lipinski definition) is 2. The van der Waals surface area contributed by atoms with E-state index < -0.39 is 0 Å². The van der Waals surface area contributed by atoms with Crippen LogP contribution in [0.3, 0.4) is 0 Å². The van der Waals surface area contributed by atoms with Crippen molar-refractivity contribution in [2.75, 3.05) is 11.4 Å². The van der Waals surface area contributed by atoms with Crippen molar-refractivity contribution in [3.8, 4) is 0 Å². The molecule has 0 aromatic heterocycles. The number of carbonyl (C=O) groups is 1. The molecule has 0 fully saturated rings. The minimum Gasteiger partial charge on any atom is -0.364 e. The Morgan fingerprint density at radius 3 is 2.24 bits per heavy atom. The zero-order valence-electron chi connectivity index (χ0n) is 14.1. The minimum absolute atomic E-state index is 0.0834. The molecule has 0 bridgehead atoms. The number of Topliss-reactive ketones (excluding diaryl/α,β-unsaturated/α-hetero) is 1. The van der Waals surface area contributed by atoms with E-state index in [1.807, 2.05) is 36.4 Å². The molecule has 0 aliphatic carbocycles. The summed E-state index contributed by atoms with van der Waals surface area (Å²) in [6.07, 6.45) is 1.51. The lowest BCUT2D eigenvalue weighted by molar-refractivity contribution is 0.0972. The zero-order valence-corrected chi connectivity index (χ0v) is 14.1. The molecule has 1 aliphatic rings. The predicted octanol–water partition coefficient (Wildman–Crippen LogP) is 5.06. The van der Waals surface area contributed by atoms with Gasteiger partial charge in [0.05, 0.1) is 6.04 Å². The van der Waals surface area contributed by atoms with Crippen molar-refractivity contribution < 1.29 is 4.79 Å². The Kier molecular flexibility index (Phi) is 4.34. The maximum absolute atomic E-state index is 12.9. The van der Waals surface area contributed by atoms with Crippen LogP contribution in [0.15, 0.2) is 84.9 Å². The van der Waals surface area contributed by atoms with E-state index in [0.717, 1.165) is 18.5 Å². The number of rotatable bonds is 4. The lowest BCUT2D eigenvalue weighted by Gasteiger charge is -2.39. The number of benzene rings is 3. The first kappa shape index (κ1) is 15.6. The van der Waals surface area contributed by atoms with Gasteiger partial charge in [0.2, 0.25) is 0 Å². The summed E-state index contributed by atoms with van der Waals surface area (Å²) in [7, 11) is 0. The molecule has 3 aromatic rings. The van der Waals surface area contributed by atoms with Crippen molar-refractivity contribution in [3.05, 3.63) is 102 Å². The second-order valence-corrected chi connectivity index (χ2v) is 6.49. The van der Waals surface area contributed by atoms with E-state index in [2.05, 4.69) is 53.4 Å². The Balaban J connectivity index is 1.70. The van der Waals surface area contributed by atoms with E-state index in [9.17, 15) is 4.79 Å². The van der Waals surface area contributed by atoms with Crippen LogP contribution in [-0.2, 0) is 6.42 Å². The first-order valence-corrected chi connectivity index (χ1v) is 8.80. The van der Waals surface area contributed by atoms with Gasteiger partial charge in [0.1, 0.15) is 0 Å². The topological polar surface area (TPSA) is 20.3 Å². The maximum atomic E-state index is 12.9. The fourth-order valence-electron chi connectivity index (χ4n) is 3.72. The molecule has 1 heterocycles. The number of fused-ring (bicyclic) bond motifs is 1. The Labute approximate surface area is 148 Å². The summed E-state index contributed by atoms with van der Waals surface area (Å²) in [6, 6.07) is 28.7. The molecule has 2 heteroatoms. The molecule has 3 aromatic carbocycles. The highest BCUT2D eigenvalue weighted by molar-refractivity contribution is 5.96. The van der Waals surface area contributed by atoms with E-state index in [4.69, 9.17) is 0 Å². The van der Waals surface area contributed by atoms with Gasteiger partial charge in [0.15, 0.2) is 5.78 Å². The summed E-state index contributed by atoms with van der Waals surface area (Å²) in [5.74, 6) is 0.197. The molecule has 124 valence electrons. The van der Waals surface area contributed by atoms with Gasteiger partial charge in [0.25, 0.3) is 0 Å². The molecule has 0 radical (unpaired) electrons. The van der Waals surface area contributed by atoms with Gasteiger partial charge < -0.3 is 4.90 Å². The van der Waals surface area contributed by atoms with E-state index in [1.165, 1.54) is 16.8 Å². The van der Waals surface area contributed by atoms with Crippen LogP contribution in [0.4, 0.5) is 5.69 Å². The number of anilines is 1. The molecule has 1 unspecified atom stereocenters. The summed E-state index contributed by atoms with van der Waals surface area (Å²) >= 11 is 0. The molecular weight excluding hydrogens is 306 g/mol. The van der Waals surface area contributed by atoms with E-state index in [0.29, 0.717) is 6.42 Å². The van der Waals surface area contributed by atoms with Crippen LogP contribution in [0.1, 0.15) is 33.9 Å². The third-order valence-electron chi connectivity index (χ3n) is 4.97. The molecule has 0 amide bonds. The van der Waals surface area contributed by atoms with Gasteiger partial charge in [-0.1, -0.05) is 72.8 Å². The Morgan fingerprint density at radius 1 is 0.840 bits per heavy atom. The normalized spacial score (nSPS) is 16.3. The van der Waals surface area contributed by atoms with Gasteiger partial charge in [-0.25, -0.2) is 0 Å². The minimum atomic E-state index is 0.0834. The SMILES string of the molecule is O=C(CC1c2ccccc2CCN1c1ccccc1)c1ccccc1.